The number of benzene rings is 1. The molecule has 1 aliphatic carbocycles. The number of halogens is 1. The Morgan fingerprint density at radius 2 is 1.97 bits per heavy atom. The molecule has 2 N–H and O–H groups in total. The van der Waals surface area contributed by atoms with Gasteiger partial charge in [-0.3, -0.25) is 14.9 Å². The molecule has 1 saturated heterocycles. The van der Waals surface area contributed by atoms with E-state index < -0.39 is 11.7 Å². The minimum Gasteiger partial charge on any atom is -0.306 e. The molecule has 1 fully saturated rings. The second-order valence-corrected chi connectivity index (χ2v) is 8.30. The van der Waals surface area contributed by atoms with Gasteiger partial charge in [-0.1, -0.05) is 30.4 Å². The number of hydrogen-bond acceptors (Lipinski definition) is 4. The molecule has 0 aromatic heterocycles. The number of allylic oxidation sites excluding steroid dienone is 4. The summed E-state index contributed by atoms with van der Waals surface area (Å²) in [6.07, 6.45) is 11.0. The molecule has 1 heterocycles. The van der Waals surface area contributed by atoms with Gasteiger partial charge in [-0.15, -0.1) is 0 Å². The van der Waals surface area contributed by atoms with Crippen molar-refractivity contribution in [1.29, 1.82) is 0 Å². The summed E-state index contributed by atoms with van der Waals surface area (Å²) in [6, 6.07) is 13.4. The van der Waals surface area contributed by atoms with Gasteiger partial charge in [-0.05, 0) is 36.9 Å². The lowest BCUT2D eigenvalue weighted by Gasteiger charge is -2.42. The van der Waals surface area contributed by atoms with E-state index in [2.05, 4.69) is 58.4 Å². The van der Waals surface area contributed by atoms with Gasteiger partial charge in [0.1, 0.15) is 5.82 Å². The van der Waals surface area contributed by atoms with Crippen LogP contribution in [0, 0.1) is 11.7 Å². The van der Waals surface area contributed by atoms with Gasteiger partial charge in [0.15, 0.2) is 0 Å². The predicted molar refractivity (Wildman–Crippen MR) is 118 cm³/mol. The number of amides is 1. The summed E-state index contributed by atoms with van der Waals surface area (Å²) in [4.78, 5) is 16.3. The van der Waals surface area contributed by atoms with Crippen molar-refractivity contribution in [2.75, 3.05) is 26.2 Å². The third kappa shape index (κ3) is 5.34. The SMILES string of the molecule is O=C(NO)c1ccc(CN2CCN(C(CCC3C=CC=C3)c3cc[cH-]c3)CC2)c(F)c1. The number of carbonyl (C=O) groups excluding carboxylic acids is 1. The fraction of sp³-hybridized carbons (Fsp3) is 0.360. The lowest BCUT2D eigenvalue weighted by molar-refractivity contribution is 0.0705. The molecule has 1 aliphatic heterocycles. The number of hydroxylamine groups is 1. The summed E-state index contributed by atoms with van der Waals surface area (Å²) in [6.45, 7) is 4.15. The molecule has 5 nitrogen and oxygen atoms in total. The van der Waals surface area contributed by atoms with Gasteiger partial charge in [-0.25, -0.2) is 15.9 Å². The highest BCUT2D eigenvalue weighted by Crippen LogP contribution is 2.30. The molecule has 31 heavy (non-hydrogen) atoms. The fourth-order valence-corrected chi connectivity index (χ4v) is 4.55. The highest BCUT2D eigenvalue weighted by molar-refractivity contribution is 5.93. The quantitative estimate of drug-likeness (QED) is 0.383. The fourth-order valence-electron chi connectivity index (χ4n) is 4.55. The van der Waals surface area contributed by atoms with Gasteiger partial charge in [0.2, 0.25) is 0 Å². The maximum Gasteiger partial charge on any atom is 0.274 e. The van der Waals surface area contributed by atoms with Crippen LogP contribution < -0.4 is 5.48 Å². The van der Waals surface area contributed by atoms with Gasteiger partial charge in [0.05, 0.1) is 0 Å². The van der Waals surface area contributed by atoms with Crippen LogP contribution in [0.2, 0.25) is 0 Å². The van der Waals surface area contributed by atoms with Crippen LogP contribution in [-0.4, -0.2) is 47.1 Å². The van der Waals surface area contributed by atoms with E-state index in [1.54, 1.807) is 6.07 Å². The van der Waals surface area contributed by atoms with Gasteiger partial charge in [-0.2, -0.15) is 23.8 Å². The summed E-state index contributed by atoms with van der Waals surface area (Å²) >= 11 is 0. The first-order valence-electron chi connectivity index (χ1n) is 10.9. The molecule has 2 aliphatic rings. The highest BCUT2D eigenvalue weighted by atomic mass is 19.1. The molecule has 6 heteroatoms. The zero-order valence-corrected chi connectivity index (χ0v) is 17.6. The Morgan fingerprint density at radius 3 is 2.61 bits per heavy atom. The van der Waals surface area contributed by atoms with Crippen LogP contribution >= 0.6 is 0 Å². The second-order valence-electron chi connectivity index (χ2n) is 8.30. The van der Waals surface area contributed by atoms with Crippen molar-refractivity contribution in [3.8, 4) is 0 Å². The Morgan fingerprint density at radius 1 is 1.19 bits per heavy atom. The first-order chi connectivity index (χ1) is 15.1. The monoisotopic (exact) mass is 422 g/mol. The van der Waals surface area contributed by atoms with E-state index >= 15 is 0 Å². The Balaban J connectivity index is 1.34. The summed E-state index contributed by atoms with van der Waals surface area (Å²) in [7, 11) is 0. The van der Waals surface area contributed by atoms with Gasteiger partial charge in [0, 0.05) is 43.9 Å². The van der Waals surface area contributed by atoms with Crippen LogP contribution in [-0.2, 0) is 6.54 Å². The van der Waals surface area contributed by atoms with E-state index in [9.17, 15) is 9.18 Å². The largest absolute Gasteiger partial charge is 0.306 e. The molecular formula is C25H29FN3O2-. The van der Waals surface area contributed by atoms with Crippen LogP contribution in [0.1, 0.15) is 40.4 Å². The van der Waals surface area contributed by atoms with E-state index in [0.717, 1.165) is 39.0 Å². The summed E-state index contributed by atoms with van der Waals surface area (Å²) < 4.78 is 14.4. The van der Waals surface area contributed by atoms with Crippen molar-refractivity contribution in [3.63, 3.8) is 0 Å². The van der Waals surface area contributed by atoms with E-state index in [1.165, 1.54) is 23.2 Å². The van der Waals surface area contributed by atoms with E-state index in [1.807, 2.05) is 0 Å². The van der Waals surface area contributed by atoms with Gasteiger partial charge < -0.3 is 4.90 Å². The lowest BCUT2D eigenvalue weighted by Crippen LogP contribution is -2.47. The predicted octanol–water partition coefficient (Wildman–Crippen LogP) is 4.04. The molecule has 1 unspecified atom stereocenters. The van der Waals surface area contributed by atoms with Crippen LogP contribution in [0.25, 0.3) is 0 Å². The standard InChI is InChI=1S/C25H29FN3O2/c26-23-17-21(25(30)27-31)10-11-22(23)18-28-13-15-29(16-14-28)24(20-7-3-4-8-20)12-9-19-5-1-2-6-19/h1-8,10-11,17,19,24,31H,9,12-16,18H2,(H,27,30)/q-1. The molecule has 1 atom stereocenters. The molecular weight excluding hydrogens is 393 g/mol. The number of piperazine rings is 1. The van der Waals surface area contributed by atoms with Gasteiger partial charge in [0.25, 0.3) is 5.91 Å². The molecule has 0 bridgehead atoms. The minimum atomic E-state index is -0.707. The van der Waals surface area contributed by atoms with Crippen LogP contribution in [0.3, 0.4) is 0 Å². The summed E-state index contributed by atoms with van der Waals surface area (Å²) in [5, 5.41) is 8.71. The van der Waals surface area contributed by atoms with E-state index in [4.69, 9.17) is 5.21 Å². The average Bonchev–Trinajstić information content (AvgIpc) is 3.50. The van der Waals surface area contributed by atoms with E-state index in [0.29, 0.717) is 24.1 Å². The topological polar surface area (TPSA) is 55.8 Å². The molecule has 0 radical (unpaired) electrons. The number of carbonyl (C=O) groups is 1. The second kappa shape index (κ2) is 10.1. The number of rotatable bonds is 8. The molecule has 4 rings (SSSR count). The van der Waals surface area contributed by atoms with Crippen molar-refractivity contribution >= 4 is 5.91 Å². The lowest BCUT2D eigenvalue weighted by atomic mass is 9.96. The maximum absolute atomic E-state index is 14.4. The van der Waals surface area contributed by atoms with Crippen LogP contribution in [0.5, 0.6) is 0 Å². The minimum absolute atomic E-state index is 0.109. The molecule has 164 valence electrons. The summed E-state index contributed by atoms with van der Waals surface area (Å²) in [5.41, 5.74) is 3.59. The number of hydrogen-bond donors (Lipinski definition) is 2. The molecule has 0 saturated carbocycles. The van der Waals surface area contributed by atoms with Crippen molar-refractivity contribution in [3.05, 3.63) is 89.3 Å². The van der Waals surface area contributed by atoms with Crippen molar-refractivity contribution in [2.45, 2.75) is 25.4 Å². The van der Waals surface area contributed by atoms with Crippen molar-refractivity contribution < 1.29 is 14.4 Å². The first kappa shape index (κ1) is 21.6. The zero-order chi connectivity index (χ0) is 21.6. The normalized spacial score (nSPS) is 18.5. The zero-order valence-electron chi connectivity index (χ0n) is 17.6. The number of nitrogens with zero attached hydrogens (tertiary/aromatic N) is 2. The maximum atomic E-state index is 14.4. The first-order valence-corrected chi connectivity index (χ1v) is 10.9. The Labute approximate surface area is 182 Å². The molecule has 2 aromatic rings. The van der Waals surface area contributed by atoms with Crippen molar-refractivity contribution in [2.24, 2.45) is 5.92 Å². The molecule has 1 amide bonds. The molecule has 2 aromatic carbocycles. The van der Waals surface area contributed by atoms with Crippen LogP contribution in [0.4, 0.5) is 4.39 Å². The van der Waals surface area contributed by atoms with Crippen LogP contribution in [0.15, 0.2) is 66.8 Å². The Bertz CT molecular complexity index is 918. The third-order valence-corrected chi connectivity index (χ3v) is 6.33. The smallest absolute Gasteiger partial charge is 0.274 e. The van der Waals surface area contributed by atoms with E-state index in [-0.39, 0.29) is 5.56 Å². The van der Waals surface area contributed by atoms with Gasteiger partial charge >= 0.3 is 0 Å². The Hall–Kier alpha value is -2.67. The number of nitrogens with one attached hydrogen (secondary N) is 1. The molecule has 0 spiro atoms. The Kier molecular flexibility index (Phi) is 7.02. The highest BCUT2D eigenvalue weighted by Gasteiger charge is 2.24. The summed E-state index contributed by atoms with van der Waals surface area (Å²) in [5.74, 6) is -0.588. The average molecular weight is 423 g/mol. The third-order valence-electron chi connectivity index (χ3n) is 6.33. The van der Waals surface area contributed by atoms with Crippen molar-refractivity contribution in [1.82, 2.24) is 15.3 Å².